The summed E-state index contributed by atoms with van der Waals surface area (Å²) < 4.78 is 5.01. The Kier molecular flexibility index (Phi) is 8.48. The number of rotatable bonds is 7. The fourth-order valence-corrected chi connectivity index (χ4v) is 4.16. The van der Waals surface area contributed by atoms with E-state index in [2.05, 4.69) is 10.3 Å². The van der Waals surface area contributed by atoms with E-state index in [4.69, 9.17) is 4.74 Å². The molecule has 2 aromatic carbocycles. The van der Waals surface area contributed by atoms with Crippen molar-refractivity contribution in [1.29, 1.82) is 0 Å². The summed E-state index contributed by atoms with van der Waals surface area (Å²) in [5, 5.41) is 12.6. The molecule has 0 spiro atoms. The summed E-state index contributed by atoms with van der Waals surface area (Å²) in [5.74, 6) is -0.977. The topological polar surface area (TPSA) is 112 Å². The molecule has 9 heteroatoms. The number of nitrogens with one attached hydrogen (secondary N) is 1. The first-order valence-corrected chi connectivity index (χ1v) is 12.2. The molecule has 1 aliphatic rings. The molecule has 0 bridgehead atoms. The van der Waals surface area contributed by atoms with Crippen LogP contribution in [0.15, 0.2) is 72.8 Å². The lowest BCUT2D eigenvalue weighted by atomic mass is 10.0. The second-order valence-corrected chi connectivity index (χ2v) is 8.58. The van der Waals surface area contributed by atoms with Crippen molar-refractivity contribution in [2.75, 3.05) is 39.4 Å². The van der Waals surface area contributed by atoms with Crippen LogP contribution in [-0.4, -0.2) is 83.2 Å². The van der Waals surface area contributed by atoms with Crippen LogP contribution in [0.3, 0.4) is 0 Å². The van der Waals surface area contributed by atoms with Crippen molar-refractivity contribution in [2.45, 2.75) is 13.0 Å². The summed E-state index contributed by atoms with van der Waals surface area (Å²) in [6, 6.07) is 21.6. The zero-order chi connectivity index (χ0) is 26.2. The van der Waals surface area contributed by atoms with Gasteiger partial charge in [-0.05, 0) is 30.2 Å². The van der Waals surface area contributed by atoms with Crippen molar-refractivity contribution >= 4 is 17.9 Å². The molecule has 1 aromatic heterocycles. The van der Waals surface area contributed by atoms with Crippen molar-refractivity contribution < 1.29 is 24.2 Å². The highest BCUT2D eigenvalue weighted by Crippen LogP contribution is 2.26. The molecule has 0 unspecified atom stereocenters. The average molecular weight is 503 g/mol. The molecular formula is C28H30N4O5. The molecule has 192 valence electrons. The Balaban J connectivity index is 1.52. The second-order valence-electron chi connectivity index (χ2n) is 8.58. The van der Waals surface area contributed by atoms with Gasteiger partial charge in [0.25, 0.3) is 5.91 Å². The summed E-state index contributed by atoms with van der Waals surface area (Å²) in [6.07, 6.45) is -0.416. The Labute approximate surface area is 215 Å². The normalized spacial score (nSPS) is 14.1. The summed E-state index contributed by atoms with van der Waals surface area (Å²) in [7, 11) is 0. The highest BCUT2D eigenvalue weighted by molar-refractivity contribution is 5.97. The summed E-state index contributed by atoms with van der Waals surface area (Å²) in [5.41, 5.74) is 3.34. The van der Waals surface area contributed by atoms with E-state index < -0.39 is 30.6 Å². The van der Waals surface area contributed by atoms with E-state index in [-0.39, 0.29) is 25.4 Å². The number of ether oxygens (including phenoxy) is 1. The lowest BCUT2D eigenvalue weighted by Crippen LogP contribution is -2.56. The number of hydrogen-bond donors (Lipinski definition) is 2. The molecule has 1 saturated heterocycles. The number of aliphatic hydroxyl groups excluding tert-OH is 1. The van der Waals surface area contributed by atoms with E-state index in [0.29, 0.717) is 18.8 Å². The SMILES string of the molecule is CCOC(=O)N1CCN(C(=O)[C@H](CO)NC(=O)c2cc(-c3ccccc3)cc(-c3ccccc3)n2)CC1. The van der Waals surface area contributed by atoms with Gasteiger partial charge in [-0.1, -0.05) is 60.7 Å². The third kappa shape index (κ3) is 6.31. The number of carbonyl (C=O) groups excluding carboxylic acids is 3. The van der Waals surface area contributed by atoms with Crippen molar-refractivity contribution in [3.8, 4) is 22.4 Å². The maximum Gasteiger partial charge on any atom is 0.409 e. The van der Waals surface area contributed by atoms with Gasteiger partial charge in [-0.2, -0.15) is 0 Å². The van der Waals surface area contributed by atoms with E-state index in [0.717, 1.165) is 16.7 Å². The zero-order valence-corrected chi connectivity index (χ0v) is 20.7. The fourth-order valence-electron chi connectivity index (χ4n) is 4.16. The highest BCUT2D eigenvalue weighted by Gasteiger charge is 2.30. The molecule has 1 fully saturated rings. The van der Waals surface area contributed by atoms with E-state index in [9.17, 15) is 19.5 Å². The smallest absolute Gasteiger partial charge is 0.409 e. The number of benzene rings is 2. The number of pyridine rings is 1. The summed E-state index contributed by atoms with van der Waals surface area (Å²) in [6.45, 7) is 2.65. The van der Waals surface area contributed by atoms with Gasteiger partial charge in [0.2, 0.25) is 5.91 Å². The van der Waals surface area contributed by atoms with Gasteiger partial charge in [0.15, 0.2) is 0 Å². The van der Waals surface area contributed by atoms with E-state index in [1.807, 2.05) is 66.7 Å². The van der Waals surface area contributed by atoms with Gasteiger partial charge in [0, 0.05) is 31.7 Å². The Morgan fingerprint density at radius 2 is 1.49 bits per heavy atom. The Bertz CT molecular complexity index is 1170. The van der Waals surface area contributed by atoms with E-state index >= 15 is 0 Å². The van der Waals surface area contributed by atoms with Crippen LogP contribution in [-0.2, 0) is 9.53 Å². The van der Waals surface area contributed by atoms with Crippen LogP contribution >= 0.6 is 0 Å². The van der Waals surface area contributed by atoms with Crippen molar-refractivity contribution in [2.24, 2.45) is 0 Å². The van der Waals surface area contributed by atoms with E-state index in [1.165, 1.54) is 9.80 Å². The minimum absolute atomic E-state index is 0.138. The third-order valence-corrected chi connectivity index (χ3v) is 6.14. The summed E-state index contributed by atoms with van der Waals surface area (Å²) in [4.78, 5) is 45.9. The van der Waals surface area contributed by atoms with Crippen LogP contribution in [0.4, 0.5) is 4.79 Å². The molecule has 37 heavy (non-hydrogen) atoms. The van der Waals surface area contributed by atoms with E-state index in [1.54, 1.807) is 13.0 Å². The van der Waals surface area contributed by atoms with Crippen LogP contribution < -0.4 is 5.32 Å². The molecule has 1 atom stereocenters. The third-order valence-electron chi connectivity index (χ3n) is 6.14. The quantitative estimate of drug-likeness (QED) is 0.514. The Morgan fingerprint density at radius 3 is 2.08 bits per heavy atom. The lowest BCUT2D eigenvalue weighted by Gasteiger charge is -2.35. The number of aromatic nitrogens is 1. The van der Waals surface area contributed by atoms with Gasteiger partial charge in [-0.3, -0.25) is 9.59 Å². The number of piperazine rings is 1. The van der Waals surface area contributed by atoms with Gasteiger partial charge in [0.1, 0.15) is 11.7 Å². The van der Waals surface area contributed by atoms with Crippen LogP contribution in [0.1, 0.15) is 17.4 Å². The number of amides is 3. The molecule has 3 aromatic rings. The molecule has 0 aliphatic carbocycles. The minimum atomic E-state index is -1.14. The molecule has 9 nitrogen and oxygen atoms in total. The molecule has 1 aliphatic heterocycles. The molecule has 0 saturated carbocycles. The van der Waals surface area contributed by atoms with Gasteiger partial charge >= 0.3 is 6.09 Å². The first kappa shape index (κ1) is 25.8. The van der Waals surface area contributed by atoms with Crippen molar-refractivity contribution in [3.63, 3.8) is 0 Å². The Hall–Kier alpha value is -4.24. The van der Waals surface area contributed by atoms with Crippen molar-refractivity contribution in [3.05, 3.63) is 78.5 Å². The molecule has 0 radical (unpaired) electrons. The molecule has 2 N–H and O–H groups in total. The van der Waals surface area contributed by atoms with Gasteiger partial charge in [-0.25, -0.2) is 9.78 Å². The number of carbonyl (C=O) groups is 3. The second kappa shape index (κ2) is 12.1. The minimum Gasteiger partial charge on any atom is -0.450 e. The van der Waals surface area contributed by atoms with Gasteiger partial charge in [-0.15, -0.1) is 0 Å². The predicted molar refractivity (Wildman–Crippen MR) is 139 cm³/mol. The first-order chi connectivity index (χ1) is 18.0. The predicted octanol–water partition coefficient (Wildman–Crippen LogP) is 2.81. The van der Waals surface area contributed by atoms with Gasteiger partial charge in [0.05, 0.1) is 18.9 Å². The lowest BCUT2D eigenvalue weighted by molar-refractivity contribution is -0.135. The molecule has 4 rings (SSSR count). The van der Waals surface area contributed by atoms with Crippen LogP contribution in [0, 0.1) is 0 Å². The van der Waals surface area contributed by atoms with Crippen LogP contribution in [0.25, 0.3) is 22.4 Å². The summed E-state index contributed by atoms with van der Waals surface area (Å²) >= 11 is 0. The zero-order valence-electron chi connectivity index (χ0n) is 20.7. The molecule has 2 heterocycles. The maximum atomic E-state index is 13.3. The number of aliphatic hydroxyl groups is 1. The average Bonchev–Trinajstić information content (AvgIpc) is 2.96. The monoisotopic (exact) mass is 502 g/mol. The van der Waals surface area contributed by atoms with Gasteiger partial charge < -0.3 is 25.0 Å². The first-order valence-electron chi connectivity index (χ1n) is 12.2. The highest BCUT2D eigenvalue weighted by atomic mass is 16.6. The van der Waals surface area contributed by atoms with Crippen LogP contribution in [0.2, 0.25) is 0 Å². The molecule has 3 amide bonds. The maximum absolute atomic E-state index is 13.3. The molecular weight excluding hydrogens is 472 g/mol. The fraction of sp³-hybridized carbons (Fsp3) is 0.286. The number of hydrogen-bond acceptors (Lipinski definition) is 6. The number of nitrogens with zero attached hydrogens (tertiary/aromatic N) is 3. The largest absolute Gasteiger partial charge is 0.450 e. The standard InChI is InChI=1S/C28H30N4O5/c1-2-37-28(36)32-15-13-31(14-16-32)27(35)25(19-33)30-26(34)24-18-22(20-9-5-3-6-10-20)17-23(29-24)21-11-7-4-8-12-21/h3-12,17-18,25,33H,2,13-16,19H2,1H3,(H,30,34)/t25-/m0/s1. The van der Waals surface area contributed by atoms with Crippen LogP contribution in [0.5, 0.6) is 0 Å². The Morgan fingerprint density at radius 1 is 0.892 bits per heavy atom. The van der Waals surface area contributed by atoms with Crippen molar-refractivity contribution in [1.82, 2.24) is 20.1 Å².